The maximum atomic E-state index is 9.15. The molecular formula is C25H32N6. The number of rotatable bonds is 6. The molecule has 0 radical (unpaired) electrons. The molecule has 6 nitrogen and oxygen atoms in total. The fraction of sp³-hybridized carbons (Fsp3) is 0.480. The van der Waals surface area contributed by atoms with Crippen LogP contribution >= 0.6 is 0 Å². The maximum Gasteiger partial charge on any atom is 0.234 e. The molecule has 1 fully saturated rings. The lowest BCUT2D eigenvalue weighted by atomic mass is 9.95. The van der Waals surface area contributed by atoms with Crippen LogP contribution in [-0.4, -0.2) is 41.2 Å². The third-order valence-electron chi connectivity index (χ3n) is 5.04. The van der Waals surface area contributed by atoms with E-state index < -0.39 is 0 Å². The fourth-order valence-corrected chi connectivity index (χ4v) is 3.63. The second-order valence-electron chi connectivity index (χ2n) is 9.15. The average Bonchev–Trinajstić information content (AvgIpc) is 2.77. The first-order valence-electron chi connectivity index (χ1n) is 11.0. The number of aromatic nitrogens is 2. The summed E-state index contributed by atoms with van der Waals surface area (Å²) < 4.78 is 0. The lowest BCUT2D eigenvalue weighted by Crippen LogP contribution is -2.41. The minimum absolute atomic E-state index is 0.0878. The zero-order valence-corrected chi connectivity index (χ0v) is 18.9. The molecule has 1 saturated heterocycles. The highest BCUT2D eigenvalue weighted by molar-refractivity contribution is 5.42. The summed E-state index contributed by atoms with van der Waals surface area (Å²) in [5.74, 6) is 7.43. The Morgan fingerprint density at radius 2 is 1.84 bits per heavy atom. The Hall–Kier alpha value is -2.93. The van der Waals surface area contributed by atoms with Gasteiger partial charge in [-0.05, 0) is 42.0 Å². The van der Waals surface area contributed by atoms with E-state index in [-0.39, 0.29) is 11.2 Å². The van der Waals surface area contributed by atoms with E-state index in [1.54, 1.807) is 6.20 Å². The molecule has 1 N–H and O–H groups in total. The lowest BCUT2D eigenvalue weighted by molar-refractivity contribution is 0.164. The van der Waals surface area contributed by atoms with Crippen molar-refractivity contribution in [3.63, 3.8) is 0 Å². The van der Waals surface area contributed by atoms with E-state index in [9.17, 15) is 0 Å². The Kier molecular flexibility index (Phi) is 8.00. The Morgan fingerprint density at radius 3 is 2.52 bits per heavy atom. The quantitative estimate of drug-likeness (QED) is 0.724. The number of benzene rings is 1. The van der Waals surface area contributed by atoms with Crippen LogP contribution in [-0.2, 0) is 6.54 Å². The van der Waals surface area contributed by atoms with E-state index in [2.05, 4.69) is 82.2 Å². The summed E-state index contributed by atoms with van der Waals surface area (Å²) in [6.45, 7) is 11.0. The minimum atomic E-state index is 0.0878. The highest BCUT2D eigenvalue weighted by atomic mass is 15.5. The summed E-state index contributed by atoms with van der Waals surface area (Å²) in [4.78, 5) is 10.6. The Labute approximate surface area is 186 Å². The molecule has 1 aromatic heterocycles. The normalized spacial score (nSPS) is 14.4. The minimum Gasteiger partial charge on any atom is -0.352 e. The average molecular weight is 417 g/mol. The molecular weight excluding hydrogens is 384 g/mol. The zero-order valence-electron chi connectivity index (χ0n) is 18.9. The second kappa shape index (κ2) is 10.9. The topological polar surface area (TPSA) is 68.1 Å². The summed E-state index contributed by atoms with van der Waals surface area (Å²) in [6.07, 6.45) is 5.51. The van der Waals surface area contributed by atoms with Gasteiger partial charge in [0, 0.05) is 37.9 Å². The van der Waals surface area contributed by atoms with Gasteiger partial charge in [0.15, 0.2) is 0 Å². The van der Waals surface area contributed by atoms with Gasteiger partial charge in [0.1, 0.15) is 11.9 Å². The summed E-state index contributed by atoms with van der Waals surface area (Å²) in [5.41, 5.74) is 5.68. The molecule has 0 saturated carbocycles. The zero-order chi connectivity index (χ0) is 22.1. The first-order chi connectivity index (χ1) is 14.9. The molecule has 2 heterocycles. The molecule has 0 amide bonds. The van der Waals surface area contributed by atoms with Crippen LogP contribution in [0.4, 0.5) is 5.82 Å². The summed E-state index contributed by atoms with van der Waals surface area (Å²) in [5, 5.41) is 11.4. The van der Waals surface area contributed by atoms with Gasteiger partial charge in [-0.25, -0.2) is 20.4 Å². The highest BCUT2D eigenvalue weighted by Gasteiger charge is 2.19. The molecule has 162 valence electrons. The van der Waals surface area contributed by atoms with Gasteiger partial charge in [0.2, 0.25) is 5.82 Å². The summed E-state index contributed by atoms with van der Waals surface area (Å²) >= 11 is 0. The molecule has 6 heteroatoms. The van der Waals surface area contributed by atoms with E-state index in [1.165, 1.54) is 24.8 Å². The van der Waals surface area contributed by atoms with Gasteiger partial charge < -0.3 is 4.90 Å². The SMILES string of the molecule is CC(C)(C)CN(Cc1ccc(C#CCNN2CCCCC2)cc1)c1ccnc(C#N)n1. The molecule has 0 aliphatic carbocycles. The van der Waals surface area contributed by atoms with Crippen LogP contribution in [0.1, 0.15) is 57.0 Å². The van der Waals surface area contributed by atoms with Crippen LogP contribution < -0.4 is 10.3 Å². The monoisotopic (exact) mass is 416 g/mol. The molecule has 0 bridgehead atoms. The van der Waals surface area contributed by atoms with E-state index in [4.69, 9.17) is 5.26 Å². The van der Waals surface area contributed by atoms with Gasteiger partial charge in [-0.2, -0.15) is 5.26 Å². The van der Waals surface area contributed by atoms with Gasteiger partial charge in [-0.3, -0.25) is 0 Å². The smallest absolute Gasteiger partial charge is 0.234 e. The lowest BCUT2D eigenvalue weighted by Gasteiger charge is -2.31. The van der Waals surface area contributed by atoms with Crippen molar-refractivity contribution >= 4 is 5.82 Å². The molecule has 0 atom stereocenters. The van der Waals surface area contributed by atoms with Crippen LogP contribution in [0.15, 0.2) is 36.5 Å². The van der Waals surface area contributed by atoms with Crippen LogP contribution in [0.2, 0.25) is 0 Å². The number of nitrogens with zero attached hydrogens (tertiary/aromatic N) is 5. The molecule has 3 rings (SSSR count). The second-order valence-corrected chi connectivity index (χ2v) is 9.15. The Morgan fingerprint density at radius 1 is 1.10 bits per heavy atom. The first-order valence-corrected chi connectivity index (χ1v) is 11.0. The molecule has 31 heavy (non-hydrogen) atoms. The molecule has 1 aliphatic rings. The Bertz CT molecular complexity index is 937. The van der Waals surface area contributed by atoms with Crippen molar-refractivity contribution in [2.75, 3.05) is 31.1 Å². The van der Waals surface area contributed by atoms with Crippen molar-refractivity contribution in [3.8, 4) is 17.9 Å². The summed E-state index contributed by atoms with van der Waals surface area (Å²) in [6, 6.07) is 12.3. The number of hydrogen-bond donors (Lipinski definition) is 1. The number of hydrogen-bond acceptors (Lipinski definition) is 6. The predicted molar refractivity (Wildman–Crippen MR) is 124 cm³/mol. The van der Waals surface area contributed by atoms with Crippen molar-refractivity contribution in [2.24, 2.45) is 5.41 Å². The molecule has 0 spiro atoms. The van der Waals surface area contributed by atoms with Gasteiger partial charge in [-0.15, -0.1) is 0 Å². The van der Waals surface area contributed by atoms with E-state index in [1.807, 2.05) is 12.1 Å². The molecule has 1 aromatic carbocycles. The van der Waals surface area contributed by atoms with Gasteiger partial charge in [0.05, 0.1) is 6.54 Å². The highest BCUT2D eigenvalue weighted by Crippen LogP contribution is 2.22. The summed E-state index contributed by atoms with van der Waals surface area (Å²) in [7, 11) is 0. The fourth-order valence-electron chi connectivity index (χ4n) is 3.63. The van der Waals surface area contributed by atoms with Crippen LogP contribution in [0.3, 0.4) is 0 Å². The number of anilines is 1. The van der Waals surface area contributed by atoms with Gasteiger partial charge in [0.25, 0.3) is 0 Å². The van der Waals surface area contributed by atoms with Crippen molar-refractivity contribution in [2.45, 2.75) is 46.6 Å². The Balaban J connectivity index is 1.62. The van der Waals surface area contributed by atoms with Gasteiger partial charge >= 0.3 is 0 Å². The van der Waals surface area contributed by atoms with Crippen molar-refractivity contribution in [1.82, 2.24) is 20.4 Å². The van der Waals surface area contributed by atoms with Crippen molar-refractivity contribution in [1.29, 1.82) is 5.26 Å². The first kappa shape index (κ1) is 22.7. The van der Waals surface area contributed by atoms with Crippen LogP contribution in [0, 0.1) is 28.6 Å². The maximum absolute atomic E-state index is 9.15. The number of nitrogens with one attached hydrogen (secondary N) is 1. The predicted octanol–water partition coefficient (Wildman–Crippen LogP) is 3.74. The third-order valence-corrected chi connectivity index (χ3v) is 5.04. The number of nitriles is 1. The van der Waals surface area contributed by atoms with Crippen LogP contribution in [0.25, 0.3) is 0 Å². The van der Waals surface area contributed by atoms with E-state index in [0.717, 1.165) is 31.0 Å². The van der Waals surface area contributed by atoms with E-state index >= 15 is 0 Å². The standard InChI is InChI=1S/C25H32N6/c1-25(2,3)20-30(24-13-15-27-23(18-26)29-24)19-22-11-9-21(10-12-22)8-7-14-28-31-16-5-4-6-17-31/h9-13,15,28H,4-6,14,16-17,19-20H2,1-3H3. The molecule has 1 aliphatic heterocycles. The molecule has 0 unspecified atom stereocenters. The largest absolute Gasteiger partial charge is 0.352 e. The van der Waals surface area contributed by atoms with Crippen molar-refractivity contribution < 1.29 is 0 Å². The number of piperidine rings is 1. The number of hydrazine groups is 1. The van der Waals surface area contributed by atoms with E-state index in [0.29, 0.717) is 13.1 Å². The van der Waals surface area contributed by atoms with Crippen molar-refractivity contribution in [3.05, 3.63) is 53.5 Å². The van der Waals surface area contributed by atoms with Gasteiger partial charge in [-0.1, -0.05) is 51.2 Å². The third kappa shape index (κ3) is 7.68. The molecule has 2 aromatic rings. The van der Waals surface area contributed by atoms with Crippen LogP contribution in [0.5, 0.6) is 0 Å².